The first-order chi connectivity index (χ1) is 35.2. The molecule has 3 aliphatic rings. The zero-order valence-electron chi connectivity index (χ0n) is 45.5. The van der Waals surface area contributed by atoms with Crippen molar-refractivity contribution in [2.45, 2.75) is 118 Å². The third kappa shape index (κ3) is 7.52. The fourth-order valence-electron chi connectivity index (χ4n) is 12.5. The molecule has 1 aromatic heterocycles. The number of para-hydroxylation sites is 1. The molecule has 3 heteroatoms. The van der Waals surface area contributed by atoms with Gasteiger partial charge in [0.1, 0.15) is 11.2 Å². The minimum absolute atomic E-state index is 0.0149. The van der Waals surface area contributed by atoms with E-state index in [4.69, 9.17) is 4.42 Å². The lowest BCUT2D eigenvalue weighted by Crippen LogP contribution is -2.27. The second-order valence-corrected chi connectivity index (χ2v) is 25.4. The molecule has 0 aliphatic heterocycles. The number of benzene rings is 8. The molecule has 74 heavy (non-hydrogen) atoms. The van der Waals surface area contributed by atoms with Crippen LogP contribution in [0.5, 0.6) is 0 Å². The van der Waals surface area contributed by atoms with E-state index in [1.165, 1.54) is 72.5 Å². The standard InChI is InChI=1S/C71H70N2O/c1-67(2,3)45-25-33-49(34-26-45)72(50-35-27-46(28-36-50)68(4,5)6)53-41-42-56-60(43-53)71(58-22-16-13-19-54(58)55-20-14-17-23-59(55)71)61-44-62(65-57-21-15-18-24-63(57)74-66(65)64(56)61)73(51-37-29-47(30-38-51)69(7,8)9)52-39-31-48(32-40-52)70(10,11)12/h13-31,33-39,41-44H,32,40H2,1-12H3. The van der Waals surface area contributed by atoms with Gasteiger partial charge in [-0.05, 0) is 157 Å². The summed E-state index contributed by atoms with van der Waals surface area (Å²) < 4.78 is 7.40. The van der Waals surface area contributed by atoms with Crippen LogP contribution in [0.4, 0.5) is 28.4 Å². The zero-order valence-corrected chi connectivity index (χ0v) is 45.5. The number of hydrogen-bond acceptors (Lipinski definition) is 3. The quantitative estimate of drug-likeness (QED) is 0.166. The molecule has 1 heterocycles. The number of anilines is 5. The van der Waals surface area contributed by atoms with E-state index in [1.807, 2.05) is 0 Å². The van der Waals surface area contributed by atoms with Gasteiger partial charge in [-0.3, -0.25) is 0 Å². The van der Waals surface area contributed by atoms with Crippen molar-refractivity contribution >= 4 is 50.4 Å². The molecule has 3 aliphatic carbocycles. The highest BCUT2D eigenvalue weighted by atomic mass is 16.3. The molecule has 0 saturated heterocycles. The maximum absolute atomic E-state index is 7.40. The number of allylic oxidation sites excluding steroid dienone is 4. The van der Waals surface area contributed by atoms with Gasteiger partial charge in [0, 0.05) is 39.4 Å². The second kappa shape index (κ2) is 16.8. The van der Waals surface area contributed by atoms with Crippen LogP contribution in [0.1, 0.15) is 135 Å². The summed E-state index contributed by atoms with van der Waals surface area (Å²) in [6.45, 7) is 27.7. The van der Waals surface area contributed by atoms with Crippen molar-refractivity contribution in [2.75, 3.05) is 9.80 Å². The van der Waals surface area contributed by atoms with Crippen molar-refractivity contribution in [3.8, 4) is 22.3 Å². The fourth-order valence-corrected chi connectivity index (χ4v) is 12.5. The van der Waals surface area contributed by atoms with E-state index in [0.717, 1.165) is 63.2 Å². The minimum atomic E-state index is -0.671. The van der Waals surface area contributed by atoms with Crippen LogP contribution >= 0.6 is 0 Å². The maximum atomic E-state index is 7.40. The third-order valence-corrected chi connectivity index (χ3v) is 16.5. The van der Waals surface area contributed by atoms with Crippen LogP contribution < -0.4 is 9.80 Å². The van der Waals surface area contributed by atoms with Crippen LogP contribution in [-0.2, 0) is 21.7 Å². The predicted octanol–water partition coefficient (Wildman–Crippen LogP) is 20.1. The van der Waals surface area contributed by atoms with E-state index in [1.54, 1.807) is 0 Å². The summed E-state index contributed by atoms with van der Waals surface area (Å²) in [5, 5.41) is 2.26. The molecule has 0 N–H and O–H groups in total. The Kier molecular flexibility index (Phi) is 10.8. The first kappa shape index (κ1) is 47.6. The summed E-state index contributed by atoms with van der Waals surface area (Å²) in [4.78, 5) is 5.04. The Morgan fingerprint density at radius 2 is 0.892 bits per heavy atom. The first-order valence-electron chi connectivity index (χ1n) is 26.9. The molecule has 0 unspecified atom stereocenters. The van der Waals surface area contributed by atoms with Gasteiger partial charge in [0.2, 0.25) is 0 Å². The average Bonchev–Trinajstić information content (AvgIpc) is 4.18. The molecule has 0 fully saturated rings. The van der Waals surface area contributed by atoms with Crippen LogP contribution in [0.3, 0.4) is 0 Å². The molecule has 0 bridgehead atoms. The lowest BCUT2D eigenvalue weighted by molar-refractivity contribution is 0.479. The highest BCUT2D eigenvalue weighted by Crippen LogP contribution is 2.66. The van der Waals surface area contributed by atoms with Crippen LogP contribution in [0, 0.1) is 5.41 Å². The van der Waals surface area contributed by atoms with Gasteiger partial charge in [0.25, 0.3) is 0 Å². The lowest BCUT2D eigenvalue weighted by Gasteiger charge is -2.35. The van der Waals surface area contributed by atoms with Gasteiger partial charge in [-0.2, -0.15) is 0 Å². The van der Waals surface area contributed by atoms with E-state index in [-0.39, 0.29) is 21.7 Å². The van der Waals surface area contributed by atoms with Crippen LogP contribution in [0.25, 0.3) is 44.2 Å². The van der Waals surface area contributed by atoms with Crippen molar-refractivity contribution in [2.24, 2.45) is 5.41 Å². The smallest absolute Gasteiger partial charge is 0.145 e. The Labute approximate surface area is 439 Å². The van der Waals surface area contributed by atoms with Gasteiger partial charge in [-0.1, -0.05) is 204 Å². The number of nitrogens with zero attached hydrogens (tertiary/aromatic N) is 2. The van der Waals surface area contributed by atoms with Crippen LogP contribution in [0.2, 0.25) is 0 Å². The topological polar surface area (TPSA) is 19.6 Å². The summed E-state index contributed by atoms with van der Waals surface area (Å²) in [6.07, 6.45) is 6.72. The van der Waals surface area contributed by atoms with E-state index in [2.05, 4.69) is 275 Å². The van der Waals surface area contributed by atoms with Gasteiger partial charge < -0.3 is 14.2 Å². The van der Waals surface area contributed by atoms with Crippen molar-refractivity contribution < 1.29 is 4.42 Å². The van der Waals surface area contributed by atoms with E-state index < -0.39 is 5.41 Å². The molecule has 0 radical (unpaired) electrons. The maximum Gasteiger partial charge on any atom is 0.145 e. The lowest BCUT2D eigenvalue weighted by atomic mass is 9.70. The number of fused-ring (bicyclic) bond motifs is 14. The monoisotopic (exact) mass is 967 g/mol. The third-order valence-electron chi connectivity index (χ3n) is 16.5. The number of hydrogen-bond donors (Lipinski definition) is 0. The predicted molar refractivity (Wildman–Crippen MR) is 314 cm³/mol. The first-order valence-corrected chi connectivity index (χ1v) is 26.9. The average molecular weight is 967 g/mol. The van der Waals surface area contributed by atoms with Gasteiger partial charge in [0.05, 0.1) is 16.5 Å². The van der Waals surface area contributed by atoms with Gasteiger partial charge in [-0.15, -0.1) is 0 Å². The molecule has 0 saturated carbocycles. The zero-order chi connectivity index (χ0) is 51.7. The molecule has 0 atom stereocenters. The van der Waals surface area contributed by atoms with Crippen molar-refractivity contribution in [3.63, 3.8) is 0 Å². The summed E-state index contributed by atoms with van der Waals surface area (Å²) in [5.74, 6) is 0. The van der Waals surface area contributed by atoms with E-state index in [0.29, 0.717) is 0 Å². The molecule has 370 valence electrons. The molecule has 8 aromatic carbocycles. The van der Waals surface area contributed by atoms with Gasteiger partial charge >= 0.3 is 0 Å². The Balaban J connectivity index is 1.18. The summed E-state index contributed by atoms with van der Waals surface area (Å²) >= 11 is 0. The second-order valence-electron chi connectivity index (χ2n) is 25.4. The Morgan fingerprint density at radius 3 is 1.39 bits per heavy atom. The molecule has 3 nitrogen and oxygen atoms in total. The largest absolute Gasteiger partial charge is 0.455 e. The molecule has 0 amide bonds. The molecule has 9 aromatic rings. The van der Waals surface area contributed by atoms with Crippen molar-refractivity contribution in [1.29, 1.82) is 0 Å². The summed E-state index contributed by atoms with van der Waals surface area (Å²) in [6, 6.07) is 64.7. The molecular weight excluding hydrogens is 897 g/mol. The van der Waals surface area contributed by atoms with Crippen LogP contribution in [0.15, 0.2) is 198 Å². The highest BCUT2D eigenvalue weighted by molar-refractivity contribution is 6.19. The molecule has 1 spiro atoms. The number of furan rings is 1. The van der Waals surface area contributed by atoms with Crippen molar-refractivity contribution in [1.82, 2.24) is 0 Å². The molecular formula is C71H70N2O. The number of rotatable bonds is 6. The highest BCUT2D eigenvalue weighted by Gasteiger charge is 2.53. The minimum Gasteiger partial charge on any atom is -0.455 e. The Morgan fingerprint density at radius 1 is 0.405 bits per heavy atom. The van der Waals surface area contributed by atoms with Gasteiger partial charge in [0.15, 0.2) is 0 Å². The normalized spacial score (nSPS) is 14.9. The SMILES string of the molecule is CC(C)(C)C1=CC=C(N(c2ccc(C(C)(C)C)cc2)c2cc3c(c4oc5ccccc5c24)-c2ccc(N(c4ccc(C(C)(C)C)cc4)c4ccc(C(C)(C)C)cc4)cc2C32c3ccccc3-c3ccccc32)CC1. The summed E-state index contributed by atoms with van der Waals surface area (Å²) in [5.41, 5.74) is 23.7. The van der Waals surface area contributed by atoms with Crippen LogP contribution in [-0.4, -0.2) is 0 Å². The summed E-state index contributed by atoms with van der Waals surface area (Å²) in [7, 11) is 0. The van der Waals surface area contributed by atoms with E-state index >= 15 is 0 Å². The van der Waals surface area contributed by atoms with Crippen molar-refractivity contribution in [3.05, 3.63) is 232 Å². The van der Waals surface area contributed by atoms with Gasteiger partial charge in [-0.25, -0.2) is 0 Å². The Hall–Kier alpha value is -7.36. The van der Waals surface area contributed by atoms with E-state index in [9.17, 15) is 0 Å². The Bertz CT molecular complexity index is 3630. The fraction of sp³-hybridized carbons (Fsp3) is 0.268. The molecule has 12 rings (SSSR count).